The first-order chi connectivity index (χ1) is 14.8. The van der Waals surface area contributed by atoms with E-state index in [0.717, 1.165) is 16.5 Å². The minimum atomic E-state index is -4.52. The zero-order chi connectivity index (χ0) is 21.8. The Morgan fingerprint density at radius 2 is 1.74 bits per heavy atom. The lowest BCUT2D eigenvalue weighted by atomic mass is 10.2. The highest BCUT2D eigenvalue weighted by Gasteiger charge is 2.29. The van der Waals surface area contributed by atoms with Crippen LogP contribution in [-0.4, -0.2) is 32.7 Å². The van der Waals surface area contributed by atoms with Crippen molar-refractivity contribution in [2.45, 2.75) is 12.7 Å². The molecule has 4 rings (SSSR count). The molecule has 4 aromatic rings. The van der Waals surface area contributed by atoms with Crippen LogP contribution in [0.2, 0.25) is 5.02 Å². The molecule has 7 nitrogen and oxygen atoms in total. The van der Waals surface area contributed by atoms with Crippen molar-refractivity contribution < 1.29 is 17.9 Å². The fraction of sp³-hybridized carbons (Fsp3) is 0.150. The lowest BCUT2D eigenvalue weighted by Gasteiger charge is -2.12. The van der Waals surface area contributed by atoms with Gasteiger partial charge in [0.2, 0.25) is 11.9 Å². The predicted octanol–water partition coefficient (Wildman–Crippen LogP) is 5.30. The summed E-state index contributed by atoms with van der Waals surface area (Å²) >= 11 is 5.88. The van der Waals surface area contributed by atoms with Crippen LogP contribution >= 0.6 is 11.6 Å². The fourth-order valence-electron chi connectivity index (χ4n) is 2.74. The van der Waals surface area contributed by atoms with E-state index < -0.39 is 18.8 Å². The third kappa shape index (κ3) is 5.76. The molecule has 2 aromatic carbocycles. The Kier molecular flexibility index (Phi) is 5.81. The van der Waals surface area contributed by atoms with Crippen LogP contribution < -0.4 is 15.4 Å². The zero-order valence-electron chi connectivity index (χ0n) is 15.9. The molecular formula is C20H16ClF3N6O. The highest BCUT2D eigenvalue weighted by molar-refractivity contribution is 6.30. The van der Waals surface area contributed by atoms with Gasteiger partial charge in [0.1, 0.15) is 0 Å². The maximum absolute atomic E-state index is 12.6. The Hall–Kier alpha value is -3.53. The molecule has 11 heteroatoms. The van der Waals surface area contributed by atoms with E-state index in [1.807, 2.05) is 30.3 Å². The second-order valence-corrected chi connectivity index (χ2v) is 6.99. The zero-order valence-corrected chi connectivity index (χ0v) is 16.6. The van der Waals surface area contributed by atoms with Gasteiger partial charge in [-0.15, -0.1) is 0 Å². The molecule has 0 spiro atoms. The quantitative estimate of drug-likeness (QED) is 0.355. The van der Waals surface area contributed by atoms with E-state index in [2.05, 4.69) is 30.6 Å². The van der Waals surface area contributed by atoms with E-state index in [1.165, 1.54) is 0 Å². The summed E-state index contributed by atoms with van der Waals surface area (Å²) in [6, 6.07) is 14.1. The van der Waals surface area contributed by atoms with E-state index >= 15 is 0 Å². The SMILES string of the molecule is FC(F)(F)COc1nc(NCc2ccc(Cl)cc2)nc(Nc2ccc3cc[nH]c3c2)n1. The molecule has 0 aliphatic carbocycles. The number of hydrogen-bond donors (Lipinski definition) is 3. The Labute approximate surface area is 179 Å². The minimum Gasteiger partial charge on any atom is -0.454 e. The highest BCUT2D eigenvalue weighted by atomic mass is 35.5. The smallest absolute Gasteiger partial charge is 0.422 e. The summed E-state index contributed by atoms with van der Waals surface area (Å²) in [7, 11) is 0. The van der Waals surface area contributed by atoms with Crippen LogP contribution in [0, 0.1) is 0 Å². The Morgan fingerprint density at radius 3 is 2.52 bits per heavy atom. The summed E-state index contributed by atoms with van der Waals surface area (Å²) < 4.78 is 42.4. The van der Waals surface area contributed by atoms with Gasteiger partial charge < -0.3 is 20.4 Å². The summed E-state index contributed by atoms with van der Waals surface area (Å²) in [6.45, 7) is -1.19. The second kappa shape index (κ2) is 8.68. The molecule has 0 saturated carbocycles. The highest BCUT2D eigenvalue weighted by Crippen LogP contribution is 2.23. The third-order valence-electron chi connectivity index (χ3n) is 4.15. The van der Waals surface area contributed by atoms with Gasteiger partial charge in [0.05, 0.1) is 0 Å². The number of nitrogens with one attached hydrogen (secondary N) is 3. The number of alkyl halides is 3. The third-order valence-corrected chi connectivity index (χ3v) is 4.41. The van der Waals surface area contributed by atoms with Crippen molar-refractivity contribution in [1.29, 1.82) is 0 Å². The first kappa shape index (κ1) is 20.7. The fourth-order valence-corrected chi connectivity index (χ4v) is 2.87. The summed E-state index contributed by atoms with van der Waals surface area (Å²) in [5.74, 6) is 0.0993. The van der Waals surface area contributed by atoms with E-state index in [9.17, 15) is 13.2 Å². The number of rotatable bonds is 7. The molecule has 3 N–H and O–H groups in total. The number of aromatic nitrogens is 4. The van der Waals surface area contributed by atoms with Gasteiger partial charge in [-0.3, -0.25) is 0 Å². The summed E-state index contributed by atoms with van der Waals surface area (Å²) in [5, 5.41) is 7.53. The predicted molar refractivity (Wildman–Crippen MR) is 112 cm³/mol. The number of H-pyrrole nitrogens is 1. The van der Waals surface area contributed by atoms with Crippen LogP contribution in [0.25, 0.3) is 10.9 Å². The Balaban J connectivity index is 1.56. The van der Waals surface area contributed by atoms with Crippen molar-refractivity contribution in [3.05, 3.63) is 65.3 Å². The van der Waals surface area contributed by atoms with Crippen molar-refractivity contribution in [3.8, 4) is 6.01 Å². The van der Waals surface area contributed by atoms with Crippen LogP contribution in [0.5, 0.6) is 6.01 Å². The number of halogens is 4. The Morgan fingerprint density at radius 1 is 0.968 bits per heavy atom. The first-order valence-corrected chi connectivity index (χ1v) is 9.50. The molecule has 0 aliphatic rings. The van der Waals surface area contributed by atoms with Crippen molar-refractivity contribution >= 4 is 40.1 Å². The minimum absolute atomic E-state index is 0.0386. The monoisotopic (exact) mass is 448 g/mol. The second-order valence-electron chi connectivity index (χ2n) is 6.55. The van der Waals surface area contributed by atoms with Gasteiger partial charge in [-0.25, -0.2) is 0 Å². The van der Waals surface area contributed by atoms with Crippen LogP contribution in [-0.2, 0) is 6.54 Å². The van der Waals surface area contributed by atoms with E-state index in [4.69, 9.17) is 16.3 Å². The number of ether oxygens (including phenoxy) is 1. The van der Waals surface area contributed by atoms with Gasteiger partial charge in [-0.1, -0.05) is 29.8 Å². The van der Waals surface area contributed by atoms with Gasteiger partial charge in [0.25, 0.3) is 0 Å². The van der Waals surface area contributed by atoms with E-state index in [-0.39, 0.29) is 11.9 Å². The molecule has 0 bridgehead atoms. The molecule has 0 atom stereocenters. The normalized spacial score (nSPS) is 11.5. The molecule has 0 radical (unpaired) electrons. The topological polar surface area (TPSA) is 87.8 Å². The number of hydrogen-bond acceptors (Lipinski definition) is 6. The molecule has 31 heavy (non-hydrogen) atoms. The van der Waals surface area contributed by atoms with Gasteiger partial charge in [0, 0.05) is 29.0 Å². The molecule has 0 amide bonds. The molecule has 0 saturated heterocycles. The van der Waals surface area contributed by atoms with Gasteiger partial charge >= 0.3 is 12.2 Å². The van der Waals surface area contributed by atoms with Gasteiger partial charge in [-0.2, -0.15) is 28.1 Å². The lowest BCUT2D eigenvalue weighted by molar-refractivity contribution is -0.154. The molecule has 2 aromatic heterocycles. The standard InChI is InChI=1S/C20H16ClF3N6O/c21-14-4-1-12(2-5-14)10-26-17-28-18(30-19(29-17)31-11-20(22,23)24)27-15-6-3-13-7-8-25-16(13)9-15/h1-9,25H,10-11H2,(H2,26,27,28,29,30). The van der Waals surface area contributed by atoms with Gasteiger partial charge in [-0.05, 0) is 41.3 Å². The largest absolute Gasteiger partial charge is 0.454 e. The molecular weight excluding hydrogens is 433 g/mol. The molecule has 2 heterocycles. The van der Waals surface area contributed by atoms with Crippen LogP contribution in [0.1, 0.15) is 5.56 Å². The van der Waals surface area contributed by atoms with Crippen molar-refractivity contribution in [3.63, 3.8) is 0 Å². The van der Waals surface area contributed by atoms with Crippen molar-refractivity contribution in [1.82, 2.24) is 19.9 Å². The maximum Gasteiger partial charge on any atom is 0.422 e. The van der Waals surface area contributed by atoms with E-state index in [0.29, 0.717) is 17.3 Å². The van der Waals surface area contributed by atoms with Crippen LogP contribution in [0.3, 0.4) is 0 Å². The number of anilines is 3. The average Bonchev–Trinajstić information content (AvgIpc) is 3.19. The van der Waals surface area contributed by atoms with Crippen molar-refractivity contribution in [2.24, 2.45) is 0 Å². The van der Waals surface area contributed by atoms with E-state index in [1.54, 1.807) is 24.4 Å². The molecule has 0 unspecified atom stereocenters. The van der Waals surface area contributed by atoms with Crippen LogP contribution in [0.4, 0.5) is 30.8 Å². The number of benzene rings is 2. The summed E-state index contributed by atoms with van der Waals surface area (Å²) in [4.78, 5) is 15.2. The molecule has 0 aliphatic heterocycles. The lowest BCUT2D eigenvalue weighted by Crippen LogP contribution is -2.21. The van der Waals surface area contributed by atoms with Gasteiger partial charge in [0.15, 0.2) is 6.61 Å². The maximum atomic E-state index is 12.6. The molecule has 0 fully saturated rings. The Bertz CT molecular complexity index is 1180. The number of fused-ring (bicyclic) bond motifs is 1. The first-order valence-electron chi connectivity index (χ1n) is 9.12. The average molecular weight is 449 g/mol. The molecule has 160 valence electrons. The van der Waals surface area contributed by atoms with Crippen LogP contribution in [0.15, 0.2) is 54.7 Å². The van der Waals surface area contributed by atoms with Crippen molar-refractivity contribution in [2.75, 3.05) is 17.2 Å². The summed E-state index contributed by atoms with van der Waals surface area (Å²) in [6.07, 6.45) is -2.71. The number of aromatic amines is 1. The number of nitrogens with zero attached hydrogens (tertiary/aromatic N) is 3. The summed E-state index contributed by atoms with van der Waals surface area (Å²) in [5.41, 5.74) is 2.41.